The minimum Gasteiger partial charge on any atom is -0.473 e. The maximum absolute atomic E-state index is 6.06. The molecule has 7 heteroatoms. The van der Waals surface area contributed by atoms with E-state index in [-0.39, 0.29) is 6.10 Å². The van der Waals surface area contributed by atoms with Gasteiger partial charge in [0.2, 0.25) is 5.88 Å². The van der Waals surface area contributed by atoms with Gasteiger partial charge >= 0.3 is 0 Å². The van der Waals surface area contributed by atoms with Gasteiger partial charge in [0.05, 0.1) is 17.3 Å². The summed E-state index contributed by atoms with van der Waals surface area (Å²) in [6.07, 6.45) is 10.2. The Morgan fingerprint density at radius 1 is 1.10 bits per heavy atom. The molecule has 0 amide bonds. The number of aromatic nitrogens is 3. The van der Waals surface area contributed by atoms with Crippen LogP contribution < -0.4 is 4.74 Å². The fourth-order valence-corrected chi connectivity index (χ4v) is 5.01. The number of hydrogen-bond donors (Lipinski definition) is 0. The Bertz CT molecular complexity index is 1020. The van der Waals surface area contributed by atoms with Crippen molar-refractivity contribution in [2.45, 2.75) is 37.7 Å². The number of nitrogens with zero attached hydrogens (tertiary/aromatic N) is 4. The van der Waals surface area contributed by atoms with Gasteiger partial charge in [0, 0.05) is 37.7 Å². The van der Waals surface area contributed by atoms with Crippen molar-refractivity contribution < 1.29 is 9.47 Å². The molecular formula is C24H28N4O2S. The summed E-state index contributed by atoms with van der Waals surface area (Å²) in [5.74, 6) is 1.17. The standard InChI is InChI=1S/C24H28N4O2S/c1-31-28-12-8-18(9-13-28)17-4-6-19(7-5-17)21-15-22-23(26-11-10-25-22)24(27-21)30-16-20-3-2-14-29-20/h4-7,10-11,15,18,20H,2-3,8-9,12-14,16H2,1H3. The zero-order chi connectivity index (χ0) is 21.0. The van der Waals surface area contributed by atoms with E-state index in [1.807, 2.05) is 18.0 Å². The van der Waals surface area contributed by atoms with E-state index in [4.69, 9.17) is 14.5 Å². The molecule has 1 aromatic carbocycles. The summed E-state index contributed by atoms with van der Waals surface area (Å²) in [6, 6.07) is 10.8. The second-order valence-corrected chi connectivity index (χ2v) is 9.07. The molecule has 2 fully saturated rings. The third-order valence-corrected chi connectivity index (χ3v) is 7.13. The molecule has 0 spiro atoms. The molecule has 1 unspecified atom stereocenters. The Morgan fingerprint density at radius 3 is 2.65 bits per heavy atom. The molecule has 6 nitrogen and oxygen atoms in total. The lowest BCUT2D eigenvalue weighted by Gasteiger charge is -2.30. The monoisotopic (exact) mass is 436 g/mol. The number of hydrogen-bond acceptors (Lipinski definition) is 7. The molecule has 1 atom stereocenters. The number of benzene rings is 1. The Morgan fingerprint density at radius 2 is 1.90 bits per heavy atom. The molecule has 2 aliphatic rings. The normalized spacial score (nSPS) is 20.4. The van der Waals surface area contributed by atoms with Crippen molar-refractivity contribution in [2.24, 2.45) is 0 Å². The second kappa shape index (κ2) is 9.51. The quantitative estimate of drug-likeness (QED) is 0.519. The van der Waals surface area contributed by atoms with Crippen molar-refractivity contribution in [3.05, 3.63) is 48.3 Å². The summed E-state index contributed by atoms with van der Waals surface area (Å²) >= 11 is 1.85. The number of rotatable bonds is 6. The average Bonchev–Trinajstić information content (AvgIpc) is 3.36. The molecule has 31 heavy (non-hydrogen) atoms. The van der Waals surface area contributed by atoms with Crippen LogP contribution in [0.25, 0.3) is 22.3 Å². The Labute approximate surface area is 187 Å². The van der Waals surface area contributed by atoms with Gasteiger partial charge in [-0.2, -0.15) is 0 Å². The minimum absolute atomic E-state index is 0.133. The highest BCUT2D eigenvalue weighted by atomic mass is 32.2. The molecular weight excluding hydrogens is 408 g/mol. The van der Waals surface area contributed by atoms with Crippen LogP contribution in [-0.4, -0.2) is 57.9 Å². The number of ether oxygens (including phenoxy) is 2. The Kier molecular flexibility index (Phi) is 6.34. The van der Waals surface area contributed by atoms with Gasteiger partial charge in [-0.15, -0.1) is 0 Å². The van der Waals surface area contributed by atoms with Crippen LogP contribution in [0.15, 0.2) is 42.7 Å². The van der Waals surface area contributed by atoms with Crippen molar-refractivity contribution in [1.29, 1.82) is 0 Å². The van der Waals surface area contributed by atoms with Gasteiger partial charge in [-0.25, -0.2) is 9.97 Å². The lowest BCUT2D eigenvalue weighted by atomic mass is 9.89. The van der Waals surface area contributed by atoms with Crippen molar-refractivity contribution in [3.63, 3.8) is 0 Å². The molecule has 0 radical (unpaired) electrons. The topological polar surface area (TPSA) is 60.4 Å². The third kappa shape index (κ3) is 4.68. The van der Waals surface area contributed by atoms with Crippen molar-refractivity contribution in [3.8, 4) is 17.1 Å². The lowest BCUT2D eigenvalue weighted by Crippen LogP contribution is -2.27. The second-order valence-electron chi connectivity index (χ2n) is 8.19. The maximum Gasteiger partial charge on any atom is 0.242 e. The first-order chi connectivity index (χ1) is 15.3. The van der Waals surface area contributed by atoms with Crippen LogP contribution in [0.4, 0.5) is 0 Å². The predicted molar refractivity (Wildman–Crippen MR) is 124 cm³/mol. The van der Waals surface area contributed by atoms with Gasteiger partial charge in [-0.1, -0.05) is 36.2 Å². The van der Waals surface area contributed by atoms with E-state index < -0.39 is 0 Å². The first-order valence-corrected chi connectivity index (χ1v) is 12.2. The summed E-state index contributed by atoms with van der Waals surface area (Å²) in [7, 11) is 0. The first-order valence-electron chi connectivity index (χ1n) is 11.1. The Hall–Kier alpha value is -2.22. The lowest BCUT2D eigenvalue weighted by molar-refractivity contribution is 0.0669. The number of pyridine rings is 1. The molecule has 3 aromatic rings. The molecule has 0 bridgehead atoms. The number of fused-ring (bicyclic) bond motifs is 1. The van der Waals surface area contributed by atoms with E-state index in [0.717, 1.165) is 49.3 Å². The molecule has 0 aliphatic carbocycles. The first kappa shape index (κ1) is 20.7. The van der Waals surface area contributed by atoms with E-state index >= 15 is 0 Å². The highest BCUT2D eigenvalue weighted by Crippen LogP contribution is 2.32. The molecule has 2 saturated heterocycles. The van der Waals surface area contributed by atoms with Crippen LogP contribution in [0, 0.1) is 0 Å². The Balaban J connectivity index is 1.37. The molecule has 162 valence electrons. The van der Waals surface area contributed by atoms with Gasteiger partial charge < -0.3 is 9.47 Å². The van der Waals surface area contributed by atoms with Gasteiger partial charge in [0.25, 0.3) is 0 Å². The van der Waals surface area contributed by atoms with E-state index in [1.165, 1.54) is 18.4 Å². The van der Waals surface area contributed by atoms with Crippen molar-refractivity contribution in [2.75, 3.05) is 32.6 Å². The summed E-state index contributed by atoms with van der Waals surface area (Å²) in [5, 5.41) is 0. The fourth-order valence-electron chi connectivity index (χ4n) is 4.44. The highest BCUT2D eigenvalue weighted by Gasteiger charge is 2.21. The molecule has 5 rings (SSSR count). The highest BCUT2D eigenvalue weighted by molar-refractivity contribution is 7.96. The van der Waals surface area contributed by atoms with Crippen LogP contribution in [0.1, 0.15) is 37.2 Å². The molecule has 4 heterocycles. The summed E-state index contributed by atoms with van der Waals surface area (Å²) in [5.41, 5.74) is 4.84. The minimum atomic E-state index is 0.133. The third-order valence-electron chi connectivity index (χ3n) is 6.24. The van der Waals surface area contributed by atoms with E-state index in [2.05, 4.69) is 44.8 Å². The van der Waals surface area contributed by atoms with Gasteiger partial charge in [0.1, 0.15) is 6.61 Å². The van der Waals surface area contributed by atoms with Crippen LogP contribution in [0.2, 0.25) is 0 Å². The molecule has 2 aromatic heterocycles. The van der Waals surface area contributed by atoms with E-state index in [0.29, 0.717) is 23.9 Å². The number of piperidine rings is 1. The van der Waals surface area contributed by atoms with Crippen LogP contribution >= 0.6 is 11.9 Å². The maximum atomic E-state index is 6.06. The zero-order valence-corrected chi connectivity index (χ0v) is 18.7. The fraction of sp³-hybridized carbons (Fsp3) is 0.458. The molecule has 0 saturated carbocycles. The van der Waals surface area contributed by atoms with Crippen LogP contribution in [-0.2, 0) is 4.74 Å². The van der Waals surface area contributed by atoms with E-state index in [1.54, 1.807) is 12.4 Å². The van der Waals surface area contributed by atoms with Crippen molar-refractivity contribution in [1.82, 2.24) is 19.3 Å². The summed E-state index contributed by atoms with van der Waals surface area (Å²) < 4.78 is 14.2. The average molecular weight is 437 g/mol. The van der Waals surface area contributed by atoms with Crippen LogP contribution in [0.5, 0.6) is 5.88 Å². The SMILES string of the molecule is CSN1CCC(c2ccc(-c3cc4nccnc4c(OCC4CCCO4)n3)cc2)CC1. The van der Waals surface area contributed by atoms with E-state index in [9.17, 15) is 0 Å². The predicted octanol–water partition coefficient (Wildman–Crippen LogP) is 4.71. The molecule has 2 aliphatic heterocycles. The van der Waals surface area contributed by atoms with Gasteiger partial charge in [-0.05, 0) is 49.5 Å². The van der Waals surface area contributed by atoms with Gasteiger partial charge in [-0.3, -0.25) is 9.29 Å². The van der Waals surface area contributed by atoms with Crippen LogP contribution in [0.3, 0.4) is 0 Å². The van der Waals surface area contributed by atoms with Gasteiger partial charge in [0.15, 0.2) is 5.52 Å². The zero-order valence-electron chi connectivity index (χ0n) is 17.9. The molecule has 0 N–H and O–H groups in total. The summed E-state index contributed by atoms with van der Waals surface area (Å²) in [6.45, 7) is 3.62. The smallest absolute Gasteiger partial charge is 0.242 e. The van der Waals surface area contributed by atoms with Crippen molar-refractivity contribution >= 4 is 23.0 Å². The summed E-state index contributed by atoms with van der Waals surface area (Å²) in [4.78, 5) is 13.8. The largest absolute Gasteiger partial charge is 0.473 e.